The molecule has 0 bridgehead atoms. The molecule has 1 aliphatic rings. The van der Waals surface area contributed by atoms with Crippen LogP contribution in [0.1, 0.15) is 23.5 Å². The van der Waals surface area contributed by atoms with E-state index in [1.807, 2.05) is 0 Å². The Balaban J connectivity index is 0.00000380. The van der Waals surface area contributed by atoms with Crippen LogP contribution < -0.4 is 5.73 Å². The summed E-state index contributed by atoms with van der Waals surface area (Å²) in [5, 5.41) is 0. The van der Waals surface area contributed by atoms with Gasteiger partial charge in [0.2, 0.25) is 11.7 Å². The summed E-state index contributed by atoms with van der Waals surface area (Å²) >= 11 is 0. The number of fused-ring (bicyclic) bond motifs is 1. The summed E-state index contributed by atoms with van der Waals surface area (Å²) in [5.41, 5.74) is 4.81. The zero-order chi connectivity index (χ0) is 26.4. The van der Waals surface area contributed by atoms with Crippen LogP contribution >= 0.6 is 12.4 Å². The lowest BCUT2D eigenvalue weighted by molar-refractivity contribution is -0.148. The van der Waals surface area contributed by atoms with E-state index in [1.165, 1.54) is 4.90 Å². The molecule has 0 radical (unpaired) electrons. The molecule has 14 heteroatoms. The number of alkyl halides is 3. The lowest BCUT2D eigenvalue weighted by atomic mass is 10.0. The Morgan fingerprint density at radius 3 is 2.30 bits per heavy atom. The van der Waals surface area contributed by atoms with E-state index in [9.17, 15) is 39.9 Å². The van der Waals surface area contributed by atoms with Crippen molar-refractivity contribution >= 4 is 18.3 Å². The van der Waals surface area contributed by atoms with Gasteiger partial charge >= 0.3 is 6.18 Å². The highest BCUT2D eigenvalue weighted by Crippen LogP contribution is 2.37. The van der Waals surface area contributed by atoms with Gasteiger partial charge in [0.05, 0.1) is 17.9 Å². The third kappa shape index (κ3) is 5.87. The van der Waals surface area contributed by atoms with Crippen molar-refractivity contribution in [2.24, 2.45) is 5.73 Å². The maximum absolute atomic E-state index is 14.4. The fourth-order valence-electron chi connectivity index (χ4n) is 4.12. The zero-order valence-corrected chi connectivity index (χ0v) is 19.6. The number of carbonyl (C=O) groups is 1. The van der Waals surface area contributed by atoms with Crippen LogP contribution in [0.25, 0.3) is 11.3 Å². The van der Waals surface area contributed by atoms with E-state index in [0.717, 1.165) is 16.7 Å². The molecule has 0 aliphatic carbocycles. The molecule has 0 fully saturated rings. The van der Waals surface area contributed by atoms with Gasteiger partial charge in [-0.2, -0.15) is 13.2 Å². The number of benzene rings is 2. The summed E-state index contributed by atoms with van der Waals surface area (Å²) in [6.45, 7) is -0.831. The molecular weight excluding hydrogens is 536 g/mol. The normalized spacial score (nSPS) is 14.2. The highest BCUT2D eigenvalue weighted by atomic mass is 35.5. The van der Waals surface area contributed by atoms with Crippen LogP contribution in [0.4, 0.5) is 35.1 Å². The number of carbonyl (C=O) groups excluding carboxylic acids is 1. The first-order chi connectivity index (χ1) is 16.8. The molecule has 1 atom stereocenters. The van der Waals surface area contributed by atoms with Gasteiger partial charge in [0.25, 0.3) is 0 Å². The van der Waals surface area contributed by atoms with Crippen molar-refractivity contribution in [2.75, 3.05) is 6.54 Å². The maximum atomic E-state index is 14.4. The molecule has 3 aromatic rings. The van der Waals surface area contributed by atoms with E-state index in [-0.39, 0.29) is 67.4 Å². The quantitative estimate of drug-likeness (QED) is 0.357. The second kappa shape index (κ2) is 10.7. The van der Waals surface area contributed by atoms with Crippen LogP contribution in [-0.2, 0) is 30.5 Å². The average molecular weight is 555 g/mol. The Morgan fingerprint density at radius 2 is 1.65 bits per heavy atom. The Hall–Kier alpha value is -3.19. The molecule has 2 N–H and O–H groups in total. The number of rotatable bonds is 5. The molecule has 37 heavy (non-hydrogen) atoms. The summed E-state index contributed by atoms with van der Waals surface area (Å²) in [6, 6.07) is 2.33. The number of halogens is 9. The monoisotopic (exact) mass is 554 g/mol. The van der Waals surface area contributed by atoms with Crippen molar-refractivity contribution in [1.29, 1.82) is 0 Å². The van der Waals surface area contributed by atoms with Gasteiger partial charge in [0, 0.05) is 43.2 Å². The molecule has 5 nitrogen and oxygen atoms in total. The molecule has 4 rings (SSSR count). The summed E-state index contributed by atoms with van der Waals surface area (Å²) in [5.74, 6) is -7.63. The van der Waals surface area contributed by atoms with E-state index < -0.39 is 53.0 Å². The summed E-state index contributed by atoms with van der Waals surface area (Å²) in [4.78, 5) is 17.6. The second-order valence-corrected chi connectivity index (χ2v) is 8.35. The Kier molecular flexibility index (Phi) is 8.18. The highest BCUT2D eigenvalue weighted by molar-refractivity contribution is 5.85. The predicted molar refractivity (Wildman–Crippen MR) is 118 cm³/mol. The smallest absolute Gasteiger partial charge is 0.335 e. The molecular formula is C23H19ClF8N4O. The molecule has 0 unspecified atom stereocenters. The van der Waals surface area contributed by atoms with Gasteiger partial charge in [-0.05, 0) is 30.2 Å². The maximum Gasteiger partial charge on any atom is 0.449 e. The number of imidazole rings is 1. The van der Waals surface area contributed by atoms with Crippen molar-refractivity contribution in [3.63, 3.8) is 0 Å². The minimum atomic E-state index is -4.87. The molecule has 200 valence electrons. The van der Waals surface area contributed by atoms with Crippen LogP contribution in [0.15, 0.2) is 30.3 Å². The second-order valence-electron chi connectivity index (χ2n) is 8.35. The third-order valence-electron chi connectivity index (χ3n) is 5.81. The first-order valence-corrected chi connectivity index (χ1v) is 10.6. The number of amides is 1. The van der Waals surface area contributed by atoms with Crippen LogP contribution in [0, 0.1) is 29.1 Å². The summed E-state index contributed by atoms with van der Waals surface area (Å²) in [7, 11) is 0. The van der Waals surface area contributed by atoms with E-state index in [0.29, 0.717) is 18.2 Å². The molecule has 1 aromatic heterocycles. The summed E-state index contributed by atoms with van der Waals surface area (Å²) < 4.78 is 110. The van der Waals surface area contributed by atoms with Gasteiger partial charge < -0.3 is 15.2 Å². The third-order valence-corrected chi connectivity index (χ3v) is 5.81. The molecule has 0 saturated heterocycles. The van der Waals surface area contributed by atoms with Gasteiger partial charge in [0.1, 0.15) is 17.5 Å². The fourth-order valence-corrected chi connectivity index (χ4v) is 4.12. The molecule has 2 heterocycles. The van der Waals surface area contributed by atoms with E-state index in [1.54, 1.807) is 0 Å². The van der Waals surface area contributed by atoms with Crippen molar-refractivity contribution in [2.45, 2.75) is 38.1 Å². The van der Waals surface area contributed by atoms with E-state index in [4.69, 9.17) is 5.73 Å². The van der Waals surface area contributed by atoms with Gasteiger partial charge in [-0.15, -0.1) is 12.4 Å². The lowest BCUT2D eigenvalue weighted by Gasteiger charge is -2.30. The van der Waals surface area contributed by atoms with Crippen LogP contribution in [-0.4, -0.2) is 32.9 Å². The molecule has 0 spiro atoms. The van der Waals surface area contributed by atoms with Crippen LogP contribution in [0.5, 0.6) is 0 Å². The van der Waals surface area contributed by atoms with E-state index in [2.05, 4.69) is 4.98 Å². The lowest BCUT2D eigenvalue weighted by Crippen LogP contribution is -2.42. The molecule has 0 saturated carbocycles. The largest absolute Gasteiger partial charge is 0.449 e. The van der Waals surface area contributed by atoms with Gasteiger partial charge in [0.15, 0.2) is 11.6 Å². The number of hydrogen-bond acceptors (Lipinski definition) is 3. The Labute approximate surface area is 211 Å². The topological polar surface area (TPSA) is 64.2 Å². The van der Waals surface area contributed by atoms with Crippen LogP contribution in [0.3, 0.4) is 0 Å². The van der Waals surface area contributed by atoms with Crippen molar-refractivity contribution in [3.8, 4) is 11.3 Å². The number of aromatic nitrogens is 2. The van der Waals surface area contributed by atoms with Gasteiger partial charge in [-0.1, -0.05) is 0 Å². The highest BCUT2D eigenvalue weighted by Gasteiger charge is 2.41. The minimum absolute atomic E-state index is 0. The Morgan fingerprint density at radius 1 is 0.973 bits per heavy atom. The number of nitrogens with two attached hydrogens (primary N) is 1. The Bertz CT molecular complexity index is 1330. The number of hydrogen-bond donors (Lipinski definition) is 1. The standard InChI is InChI=1S/C23H18F8N4O.ClH/c24-12-1-2-14(16(26)7-12)21-19-10-34(3-4-35(19)22(33-21)23(29,30)31)20(36)8-13(32)5-11-6-17(27)18(28)9-15(11)25;/h1-2,6-7,9,13H,3-5,8,10,32H2;1H/t13-;/m1./s1. The predicted octanol–water partition coefficient (Wildman–Crippen LogP) is 4.99. The SMILES string of the molecule is Cl.N[C@@H](CC(=O)N1CCn2c(C(F)(F)F)nc(-c3ccc(F)cc3F)c2C1)Cc1cc(F)c(F)cc1F. The van der Waals surface area contributed by atoms with Crippen molar-refractivity contribution < 1.29 is 39.9 Å². The van der Waals surface area contributed by atoms with Crippen molar-refractivity contribution in [3.05, 3.63) is 76.5 Å². The minimum Gasteiger partial charge on any atom is -0.335 e. The van der Waals surface area contributed by atoms with Gasteiger partial charge in [-0.3, -0.25) is 4.79 Å². The first-order valence-electron chi connectivity index (χ1n) is 10.6. The van der Waals surface area contributed by atoms with Crippen molar-refractivity contribution in [1.82, 2.24) is 14.5 Å². The average Bonchev–Trinajstić information content (AvgIpc) is 3.16. The van der Waals surface area contributed by atoms with Crippen LogP contribution in [0.2, 0.25) is 0 Å². The molecule has 1 aliphatic heterocycles. The van der Waals surface area contributed by atoms with Gasteiger partial charge in [-0.25, -0.2) is 26.9 Å². The number of nitrogens with zero attached hydrogens (tertiary/aromatic N) is 3. The van der Waals surface area contributed by atoms with E-state index >= 15 is 0 Å². The fraction of sp³-hybridized carbons (Fsp3) is 0.304. The molecule has 2 aromatic carbocycles. The molecule has 1 amide bonds. The first kappa shape index (κ1) is 28.4. The zero-order valence-electron chi connectivity index (χ0n) is 18.8. The summed E-state index contributed by atoms with van der Waals surface area (Å²) in [6.07, 6.45) is -5.55.